The smallest absolute Gasteiger partial charge is 0.208 e. The number of halogens is 2. The third-order valence-electron chi connectivity index (χ3n) is 3.13. The molecule has 1 aliphatic heterocycles. The standard InChI is InChI=1S/C10H10Br2O2/c11-8-6-1-2-7(5-6)10(9(8)12)13-3-4-14-10/h1-2,6-7H,3-5H2/t6-,7+/m0/s1. The van der Waals surface area contributed by atoms with Crippen molar-refractivity contribution in [3.8, 4) is 0 Å². The van der Waals surface area contributed by atoms with Crippen molar-refractivity contribution in [3.63, 3.8) is 0 Å². The normalized spacial score (nSPS) is 38.7. The summed E-state index contributed by atoms with van der Waals surface area (Å²) in [5.41, 5.74) is 0. The van der Waals surface area contributed by atoms with Crippen LogP contribution >= 0.6 is 31.9 Å². The van der Waals surface area contributed by atoms with E-state index in [1.165, 1.54) is 4.48 Å². The summed E-state index contributed by atoms with van der Waals surface area (Å²) < 4.78 is 13.8. The van der Waals surface area contributed by atoms with Gasteiger partial charge in [0.25, 0.3) is 0 Å². The van der Waals surface area contributed by atoms with Crippen molar-refractivity contribution in [2.45, 2.75) is 12.2 Å². The molecule has 0 radical (unpaired) electrons. The Hall–Kier alpha value is 0.360. The molecular formula is C10H10Br2O2. The quantitative estimate of drug-likeness (QED) is 0.639. The molecule has 1 spiro atoms. The maximum absolute atomic E-state index is 5.79. The first-order valence-corrected chi connectivity index (χ1v) is 6.34. The molecule has 2 nitrogen and oxygen atoms in total. The van der Waals surface area contributed by atoms with Gasteiger partial charge in [-0.2, -0.15) is 0 Å². The zero-order chi connectivity index (χ0) is 9.76. The summed E-state index contributed by atoms with van der Waals surface area (Å²) in [5.74, 6) is 0.348. The Kier molecular flexibility index (Phi) is 2.17. The topological polar surface area (TPSA) is 18.5 Å². The summed E-state index contributed by atoms with van der Waals surface area (Å²) in [5, 5.41) is 0. The predicted molar refractivity (Wildman–Crippen MR) is 60.3 cm³/mol. The minimum absolute atomic E-state index is 0.366. The van der Waals surface area contributed by atoms with Gasteiger partial charge in [-0.05, 0) is 22.4 Å². The second-order valence-corrected chi connectivity index (χ2v) is 5.51. The molecule has 0 aromatic carbocycles. The molecular weight excluding hydrogens is 312 g/mol. The molecule has 2 atom stereocenters. The highest BCUT2D eigenvalue weighted by molar-refractivity contribution is 9.14. The Balaban J connectivity index is 2.11. The minimum Gasteiger partial charge on any atom is -0.343 e. The van der Waals surface area contributed by atoms with Gasteiger partial charge in [-0.15, -0.1) is 0 Å². The first kappa shape index (κ1) is 9.58. The molecule has 0 aromatic heterocycles. The maximum Gasteiger partial charge on any atom is 0.208 e. The Bertz CT molecular complexity index is 329. The highest BCUT2D eigenvalue weighted by Gasteiger charge is 2.52. The lowest BCUT2D eigenvalue weighted by Crippen LogP contribution is -2.41. The molecule has 2 bridgehead atoms. The van der Waals surface area contributed by atoms with Crippen LogP contribution in [0.3, 0.4) is 0 Å². The summed E-state index contributed by atoms with van der Waals surface area (Å²) in [6, 6.07) is 0. The first-order valence-electron chi connectivity index (χ1n) is 4.76. The molecule has 14 heavy (non-hydrogen) atoms. The molecule has 1 saturated heterocycles. The van der Waals surface area contributed by atoms with Crippen LogP contribution < -0.4 is 0 Å². The van der Waals surface area contributed by atoms with Crippen molar-refractivity contribution in [1.82, 2.24) is 0 Å². The summed E-state index contributed by atoms with van der Waals surface area (Å²) >= 11 is 7.21. The van der Waals surface area contributed by atoms with Crippen LogP contribution in [0.4, 0.5) is 0 Å². The number of fused-ring (bicyclic) bond motifs is 3. The molecule has 0 amide bonds. The molecule has 0 unspecified atom stereocenters. The number of hydrogen-bond donors (Lipinski definition) is 0. The van der Waals surface area contributed by atoms with Gasteiger partial charge < -0.3 is 9.47 Å². The molecule has 0 aromatic rings. The largest absolute Gasteiger partial charge is 0.343 e. The number of hydrogen-bond acceptors (Lipinski definition) is 2. The third-order valence-corrected chi connectivity index (χ3v) is 5.63. The van der Waals surface area contributed by atoms with E-state index >= 15 is 0 Å². The monoisotopic (exact) mass is 320 g/mol. The molecule has 4 heteroatoms. The Labute approximate surface area is 99.6 Å². The van der Waals surface area contributed by atoms with Crippen LogP contribution in [-0.4, -0.2) is 19.0 Å². The Morgan fingerprint density at radius 2 is 1.93 bits per heavy atom. The highest BCUT2D eigenvalue weighted by atomic mass is 79.9. The van der Waals surface area contributed by atoms with Gasteiger partial charge in [0.15, 0.2) is 0 Å². The first-order chi connectivity index (χ1) is 6.74. The van der Waals surface area contributed by atoms with Gasteiger partial charge >= 0.3 is 0 Å². The van der Waals surface area contributed by atoms with E-state index in [-0.39, 0.29) is 0 Å². The van der Waals surface area contributed by atoms with Crippen molar-refractivity contribution in [2.24, 2.45) is 11.8 Å². The van der Waals surface area contributed by atoms with Crippen molar-refractivity contribution in [1.29, 1.82) is 0 Å². The molecule has 0 N–H and O–H groups in total. The second-order valence-electron chi connectivity index (χ2n) is 3.86. The van der Waals surface area contributed by atoms with Crippen LogP contribution in [0.5, 0.6) is 0 Å². The lowest BCUT2D eigenvalue weighted by molar-refractivity contribution is -0.151. The van der Waals surface area contributed by atoms with Crippen LogP contribution in [0.2, 0.25) is 0 Å². The van der Waals surface area contributed by atoms with Gasteiger partial charge in [0, 0.05) is 16.3 Å². The summed E-state index contributed by atoms with van der Waals surface area (Å²) in [4.78, 5) is 0. The predicted octanol–water partition coefficient (Wildman–Crippen LogP) is 2.94. The highest BCUT2D eigenvalue weighted by Crippen LogP contribution is 2.54. The summed E-state index contributed by atoms with van der Waals surface area (Å²) in [6.45, 7) is 1.37. The van der Waals surface area contributed by atoms with Gasteiger partial charge in [-0.25, -0.2) is 0 Å². The average Bonchev–Trinajstić information content (AvgIpc) is 2.81. The minimum atomic E-state index is -0.525. The van der Waals surface area contributed by atoms with Gasteiger partial charge in [0.1, 0.15) is 0 Å². The fourth-order valence-corrected chi connectivity index (χ4v) is 3.86. The summed E-state index contributed by atoms with van der Waals surface area (Å²) in [7, 11) is 0. The third kappa shape index (κ3) is 1.08. The SMILES string of the molecule is BrC1=C(Br)C2(OCCO2)[C@@H]2C=C[C@H]1C2. The van der Waals surface area contributed by atoms with Gasteiger partial charge in [0.05, 0.1) is 17.7 Å². The van der Waals surface area contributed by atoms with Gasteiger partial charge in [-0.3, -0.25) is 0 Å². The molecule has 3 rings (SSSR count). The van der Waals surface area contributed by atoms with Crippen molar-refractivity contribution in [2.75, 3.05) is 13.2 Å². The Morgan fingerprint density at radius 3 is 2.64 bits per heavy atom. The van der Waals surface area contributed by atoms with E-state index < -0.39 is 5.79 Å². The van der Waals surface area contributed by atoms with E-state index in [1.54, 1.807) is 0 Å². The van der Waals surface area contributed by atoms with E-state index in [0.717, 1.165) is 10.9 Å². The van der Waals surface area contributed by atoms with Crippen molar-refractivity contribution < 1.29 is 9.47 Å². The van der Waals surface area contributed by atoms with E-state index in [1.807, 2.05) is 0 Å². The number of ether oxygens (including phenoxy) is 2. The second kappa shape index (κ2) is 3.17. The van der Waals surface area contributed by atoms with E-state index in [2.05, 4.69) is 44.0 Å². The van der Waals surface area contributed by atoms with E-state index in [9.17, 15) is 0 Å². The molecule has 0 saturated carbocycles. The summed E-state index contributed by atoms with van der Waals surface area (Å²) in [6.07, 6.45) is 5.54. The number of rotatable bonds is 0. The Morgan fingerprint density at radius 1 is 1.21 bits per heavy atom. The molecule has 76 valence electrons. The van der Waals surface area contributed by atoms with Crippen LogP contribution in [-0.2, 0) is 9.47 Å². The lowest BCUT2D eigenvalue weighted by Gasteiger charge is -2.37. The number of allylic oxidation sites excluding steroid dienone is 2. The van der Waals surface area contributed by atoms with Crippen LogP contribution in [0.25, 0.3) is 0 Å². The lowest BCUT2D eigenvalue weighted by atomic mass is 9.88. The van der Waals surface area contributed by atoms with Crippen LogP contribution in [0, 0.1) is 11.8 Å². The van der Waals surface area contributed by atoms with Crippen LogP contribution in [0.15, 0.2) is 21.1 Å². The molecule has 2 aliphatic carbocycles. The van der Waals surface area contributed by atoms with E-state index in [4.69, 9.17) is 9.47 Å². The maximum atomic E-state index is 5.79. The van der Waals surface area contributed by atoms with Crippen LogP contribution in [0.1, 0.15) is 6.42 Å². The fraction of sp³-hybridized carbons (Fsp3) is 0.600. The molecule has 3 aliphatic rings. The van der Waals surface area contributed by atoms with E-state index in [0.29, 0.717) is 25.0 Å². The fourth-order valence-electron chi connectivity index (χ4n) is 2.43. The zero-order valence-corrected chi connectivity index (χ0v) is 10.7. The average molecular weight is 322 g/mol. The van der Waals surface area contributed by atoms with Crippen molar-refractivity contribution >= 4 is 31.9 Å². The molecule has 1 heterocycles. The zero-order valence-electron chi connectivity index (χ0n) is 7.50. The van der Waals surface area contributed by atoms with Gasteiger partial charge in [-0.1, -0.05) is 28.1 Å². The van der Waals surface area contributed by atoms with Gasteiger partial charge in [0.2, 0.25) is 5.79 Å². The van der Waals surface area contributed by atoms with Crippen molar-refractivity contribution in [3.05, 3.63) is 21.1 Å². The molecule has 1 fully saturated rings.